The summed E-state index contributed by atoms with van der Waals surface area (Å²) < 4.78 is 0. The Balaban J connectivity index is 1.67. The Kier molecular flexibility index (Phi) is 3.39. The molecular weight excluding hydrogens is 288 g/mol. The minimum Gasteiger partial charge on any atom is -0.389 e. The van der Waals surface area contributed by atoms with E-state index in [1.54, 1.807) is 6.92 Å². The molecule has 23 heavy (non-hydrogen) atoms. The Bertz CT molecular complexity index is 592. The lowest BCUT2D eigenvalue weighted by Crippen LogP contribution is -2.55. The Morgan fingerprint density at radius 3 is 2.65 bits per heavy atom. The first-order valence-corrected chi connectivity index (χ1v) is 9.33. The van der Waals surface area contributed by atoms with Crippen LogP contribution in [0.3, 0.4) is 0 Å². The number of rotatable bonds is 1. The van der Waals surface area contributed by atoms with Crippen molar-refractivity contribution in [2.24, 2.45) is 29.1 Å². The van der Waals surface area contributed by atoms with Crippen LogP contribution in [0, 0.1) is 29.1 Å². The standard InChI is InChI=1S/C20H28O3/c1-12(21)16-5-6-18-15-4-3-13-11-14(22)7-9-19(13,2)17(15)8-10-20(16,18)23/h11,15-18,23H,3-10H2,1-2H3/t15-,16?,17+,18+,19+,20+/m1/s1. The molecule has 1 unspecified atom stereocenters. The molecule has 0 aliphatic heterocycles. The summed E-state index contributed by atoms with van der Waals surface area (Å²) in [6, 6.07) is 0. The van der Waals surface area contributed by atoms with E-state index in [2.05, 4.69) is 6.92 Å². The van der Waals surface area contributed by atoms with Crippen LogP contribution in [-0.4, -0.2) is 22.3 Å². The average molecular weight is 316 g/mol. The van der Waals surface area contributed by atoms with E-state index in [1.165, 1.54) is 5.57 Å². The van der Waals surface area contributed by atoms with Gasteiger partial charge in [0, 0.05) is 12.3 Å². The molecule has 4 rings (SSSR count). The number of hydrogen-bond donors (Lipinski definition) is 1. The summed E-state index contributed by atoms with van der Waals surface area (Å²) in [4.78, 5) is 23.8. The summed E-state index contributed by atoms with van der Waals surface area (Å²) >= 11 is 0. The third-order valence-electron chi connectivity index (χ3n) is 7.92. The third-order valence-corrected chi connectivity index (χ3v) is 7.92. The van der Waals surface area contributed by atoms with Gasteiger partial charge in [0.1, 0.15) is 5.78 Å². The van der Waals surface area contributed by atoms with Crippen LogP contribution in [0.2, 0.25) is 0 Å². The van der Waals surface area contributed by atoms with Crippen molar-refractivity contribution in [3.05, 3.63) is 11.6 Å². The van der Waals surface area contributed by atoms with Crippen molar-refractivity contribution in [2.75, 3.05) is 0 Å². The van der Waals surface area contributed by atoms with E-state index in [0.717, 1.165) is 44.9 Å². The largest absolute Gasteiger partial charge is 0.389 e. The molecule has 0 radical (unpaired) electrons. The van der Waals surface area contributed by atoms with Gasteiger partial charge >= 0.3 is 0 Å². The summed E-state index contributed by atoms with van der Waals surface area (Å²) in [7, 11) is 0. The molecule has 4 aliphatic carbocycles. The fourth-order valence-electron chi connectivity index (χ4n) is 6.76. The second-order valence-corrected chi connectivity index (χ2v) is 8.74. The minimum atomic E-state index is -0.755. The van der Waals surface area contributed by atoms with Crippen molar-refractivity contribution < 1.29 is 14.7 Å². The monoisotopic (exact) mass is 316 g/mol. The molecule has 4 aliphatic rings. The zero-order chi connectivity index (χ0) is 16.4. The maximum absolute atomic E-state index is 12.0. The average Bonchev–Trinajstić information content (AvgIpc) is 2.85. The van der Waals surface area contributed by atoms with Gasteiger partial charge in [-0.3, -0.25) is 9.59 Å². The minimum absolute atomic E-state index is 0.145. The van der Waals surface area contributed by atoms with E-state index in [9.17, 15) is 14.7 Å². The van der Waals surface area contributed by atoms with Gasteiger partial charge in [-0.2, -0.15) is 0 Å². The van der Waals surface area contributed by atoms with Crippen LogP contribution in [0.5, 0.6) is 0 Å². The zero-order valence-electron chi connectivity index (χ0n) is 14.3. The first-order valence-electron chi connectivity index (χ1n) is 9.33. The number of allylic oxidation sites excluding steroid dienone is 1. The molecule has 0 aromatic heterocycles. The number of Topliss-reactive ketones (excluding diaryl/α,β-unsaturated/α-hetero) is 1. The fraction of sp³-hybridized carbons (Fsp3) is 0.800. The molecule has 1 N–H and O–H groups in total. The van der Waals surface area contributed by atoms with E-state index in [1.807, 2.05) is 6.08 Å². The van der Waals surface area contributed by atoms with Crippen LogP contribution in [0.4, 0.5) is 0 Å². The SMILES string of the molecule is CC(=O)C1CC[C@H]2[C@@H]3CCC4=CC(=O)CC[C@]4(C)[C@H]3CC[C@]12O. The quantitative estimate of drug-likeness (QED) is 0.806. The van der Waals surface area contributed by atoms with Gasteiger partial charge in [0.25, 0.3) is 0 Å². The van der Waals surface area contributed by atoms with E-state index in [4.69, 9.17) is 0 Å². The number of carbonyl (C=O) groups is 2. The molecule has 0 bridgehead atoms. The maximum atomic E-state index is 12.0. The van der Waals surface area contributed by atoms with Crippen LogP contribution >= 0.6 is 0 Å². The van der Waals surface area contributed by atoms with Gasteiger partial charge < -0.3 is 5.11 Å². The fourth-order valence-corrected chi connectivity index (χ4v) is 6.76. The molecule has 3 heteroatoms. The van der Waals surface area contributed by atoms with E-state index in [-0.39, 0.29) is 23.0 Å². The highest BCUT2D eigenvalue weighted by atomic mass is 16.3. The lowest BCUT2D eigenvalue weighted by molar-refractivity contribution is -0.147. The van der Waals surface area contributed by atoms with Crippen LogP contribution in [0.15, 0.2) is 11.6 Å². The molecule has 3 fully saturated rings. The first-order chi connectivity index (χ1) is 10.9. The van der Waals surface area contributed by atoms with Crippen molar-refractivity contribution in [1.29, 1.82) is 0 Å². The number of aliphatic hydroxyl groups is 1. The van der Waals surface area contributed by atoms with Gasteiger partial charge in [0.05, 0.1) is 5.60 Å². The third kappa shape index (κ3) is 2.05. The number of fused-ring (bicyclic) bond motifs is 5. The highest BCUT2D eigenvalue weighted by Crippen LogP contribution is 2.63. The highest BCUT2D eigenvalue weighted by molar-refractivity contribution is 5.91. The molecule has 0 heterocycles. The molecule has 0 aromatic rings. The predicted octanol–water partition coefficient (Wildman–Crippen LogP) is 3.45. The van der Waals surface area contributed by atoms with Crippen LogP contribution < -0.4 is 0 Å². The predicted molar refractivity (Wildman–Crippen MR) is 87.7 cm³/mol. The van der Waals surface area contributed by atoms with E-state index >= 15 is 0 Å². The second kappa shape index (κ2) is 5.02. The maximum Gasteiger partial charge on any atom is 0.155 e. The topological polar surface area (TPSA) is 54.4 Å². The molecule has 0 amide bonds. The van der Waals surface area contributed by atoms with E-state index < -0.39 is 5.60 Å². The van der Waals surface area contributed by atoms with Crippen LogP contribution in [0.1, 0.15) is 65.2 Å². The zero-order valence-corrected chi connectivity index (χ0v) is 14.3. The number of ketones is 2. The summed E-state index contributed by atoms with van der Waals surface area (Å²) in [6.45, 7) is 4.00. The Hall–Kier alpha value is -0.960. The molecule has 0 aromatic carbocycles. The van der Waals surface area contributed by atoms with Crippen molar-refractivity contribution in [1.82, 2.24) is 0 Å². The molecule has 0 spiro atoms. The normalized spacial score (nSPS) is 49.0. The molecule has 3 saturated carbocycles. The van der Waals surface area contributed by atoms with Gasteiger partial charge in [-0.05, 0) is 81.1 Å². The summed E-state index contributed by atoms with van der Waals surface area (Å²) in [5.74, 6) is 1.69. The van der Waals surface area contributed by atoms with E-state index in [0.29, 0.717) is 24.0 Å². The summed E-state index contributed by atoms with van der Waals surface area (Å²) in [6.07, 6.45) is 9.27. The van der Waals surface area contributed by atoms with Crippen LogP contribution in [-0.2, 0) is 9.59 Å². The summed E-state index contributed by atoms with van der Waals surface area (Å²) in [5.41, 5.74) is 0.753. The smallest absolute Gasteiger partial charge is 0.155 e. The number of carbonyl (C=O) groups excluding carboxylic acids is 2. The van der Waals surface area contributed by atoms with Gasteiger partial charge in [-0.25, -0.2) is 0 Å². The van der Waals surface area contributed by atoms with Gasteiger partial charge in [0.15, 0.2) is 5.78 Å². The Morgan fingerprint density at radius 2 is 1.91 bits per heavy atom. The molecule has 126 valence electrons. The number of hydrogen-bond acceptors (Lipinski definition) is 3. The first kappa shape index (κ1) is 15.6. The molecule has 0 saturated heterocycles. The Labute approximate surface area is 138 Å². The molecular formula is C20H28O3. The van der Waals surface area contributed by atoms with Crippen LogP contribution in [0.25, 0.3) is 0 Å². The van der Waals surface area contributed by atoms with Crippen molar-refractivity contribution >= 4 is 11.6 Å². The Morgan fingerprint density at radius 1 is 1.13 bits per heavy atom. The van der Waals surface area contributed by atoms with Crippen molar-refractivity contribution in [2.45, 2.75) is 70.8 Å². The van der Waals surface area contributed by atoms with Gasteiger partial charge in [-0.1, -0.05) is 12.5 Å². The van der Waals surface area contributed by atoms with Crippen molar-refractivity contribution in [3.63, 3.8) is 0 Å². The molecule has 3 nitrogen and oxygen atoms in total. The van der Waals surface area contributed by atoms with Gasteiger partial charge in [0.2, 0.25) is 0 Å². The molecule has 6 atom stereocenters. The van der Waals surface area contributed by atoms with Gasteiger partial charge in [-0.15, -0.1) is 0 Å². The summed E-state index contributed by atoms with van der Waals surface area (Å²) in [5, 5.41) is 11.3. The highest BCUT2D eigenvalue weighted by Gasteiger charge is 2.61. The van der Waals surface area contributed by atoms with Crippen molar-refractivity contribution in [3.8, 4) is 0 Å². The second-order valence-electron chi connectivity index (χ2n) is 8.74. The lowest BCUT2D eigenvalue weighted by atomic mass is 9.48. The lowest BCUT2D eigenvalue weighted by Gasteiger charge is -2.57.